The van der Waals surface area contributed by atoms with Crippen LogP contribution in [-0.4, -0.2) is 13.1 Å². The molecule has 0 bridgehead atoms. The zero-order valence-corrected chi connectivity index (χ0v) is 12.0. The predicted octanol–water partition coefficient (Wildman–Crippen LogP) is 4.08. The molecule has 1 saturated carbocycles. The molecule has 1 saturated heterocycles. The molecule has 4 atom stereocenters. The van der Waals surface area contributed by atoms with E-state index in [1.54, 1.807) is 0 Å². The van der Waals surface area contributed by atoms with Crippen molar-refractivity contribution in [3.05, 3.63) is 0 Å². The third kappa shape index (κ3) is 3.71. The van der Waals surface area contributed by atoms with E-state index in [1.807, 2.05) is 0 Å². The van der Waals surface area contributed by atoms with Gasteiger partial charge in [0.05, 0.1) is 0 Å². The van der Waals surface area contributed by atoms with Crippen molar-refractivity contribution in [3.8, 4) is 0 Å². The van der Waals surface area contributed by atoms with Gasteiger partial charge in [-0.1, -0.05) is 40.0 Å². The third-order valence-electron chi connectivity index (χ3n) is 5.02. The van der Waals surface area contributed by atoms with Crippen LogP contribution in [0.2, 0.25) is 0 Å². The van der Waals surface area contributed by atoms with Crippen LogP contribution in [0.4, 0.5) is 0 Å². The van der Waals surface area contributed by atoms with Crippen LogP contribution < -0.4 is 5.32 Å². The first-order valence-corrected chi connectivity index (χ1v) is 7.87. The maximum atomic E-state index is 3.62. The fraction of sp³-hybridized carbons (Fsp3) is 1.00. The van der Waals surface area contributed by atoms with Gasteiger partial charge in [-0.2, -0.15) is 0 Å². The quantitative estimate of drug-likeness (QED) is 0.780. The lowest BCUT2D eigenvalue weighted by Gasteiger charge is -2.41. The zero-order valence-electron chi connectivity index (χ0n) is 12.0. The van der Waals surface area contributed by atoms with Gasteiger partial charge in [0.1, 0.15) is 0 Å². The average Bonchev–Trinajstić information content (AvgIpc) is 2.29. The molecule has 1 heterocycles. The van der Waals surface area contributed by atoms with Crippen molar-refractivity contribution in [3.63, 3.8) is 0 Å². The molecule has 2 aliphatic rings. The van der Waals surface area contributed by atoms with Gasteiger partial charge in [0.15, 0.2) is 0 Å². The Morgan fingerprint density at radius 2 is 2.00 bits per heavy atom. The highest BCUT2D eigenvalue weighted by Crippen LogP contribution is 2.40. The molecule has 1 aliphatic heterocycles. The monoisotopic (exact) mass is 237 g/mol. The number of rotatable bonds is 3. The molecule has 0 spiro atoms. The Balaban J connectivity index is 1.94. The molecule has 1 nitrogen and oxygen atoms in total. The molecule has 1 aliphatic carbocycles. The van der Waals surface area contributed by atoms with E-state index in [4.69, 9.17) is 0 Å². The maximum absolute atomic E-state index is 3.62. The normalized spacial score (nSPS) is 39.5. The second kappa shape index (κ2) is 6.22. The summed E-state index contributed by atoms with van der Waals surface area (Å²) in [6.45, 7) is 9.78. The van der Waals surface area contributed by atoms with Crippen molar-refractivity contribution in [2.75, 3.05) is 13.1 Å². The second-order valence-corrected chi connectivity index (χ2v) is 7.08. The Morgan fingerprint density at radius 1 is 1.18 bits per heavy atom. The van der Waals surface area contributed by atoms with Crippen LogP contribution in [-0.2, 0) is 0 Å². The second-order valence-electron chi connectivity index (χ2n) is 7.08. The Bertz CT molecular complexity index is 216. The van der Waals surface area contributed by atoms with E-state index < -0.39 is 0 Å². The highest BCUT2D eigenvalue weighted by atomic mass is 14.9. The smallest absolute Gasteiger partial charge is 0.00177 e. The van der Waals surface area contributed by atoms with Crippen LogP contribution in [0, 0.1) is 29.6 Å². The molecule has 4 unspecified atom stereocenters. The Labute approximate surface area is 108 Å². The molecule has 17 heavy (non-hydrogen) atoms. The molecular formula is C16H31N. The summed E-state index contributed by atoms with van der Waals surface area (Å²) in [5.41, 5.74) is 0. The molecule has 1 N–H and O–H groups in total. The first kappa shape index (κ1) is 13.4. The van der Waals surface area contributed by atoms with Gasteiger partial charge in [0.25, 0.3) is 0 Å². The Hall–Kier alpha value is -0.0400. The standard InChI is InChI=1S/C16H31N/c1-12(2)9-15-11-17-8-7-16(15)14-6-4-5-13(3)10-14/h12-17H,4-11H2,1-3H3. The molecule has 0 aromatic heterocycles. The fourth-order valence-corrected chi connectivity index (χ4v) is 4.30. The van der Waals surface area contributed by atoms with Gasteiger partial charge in [-0.3, -0.25) is 0 Å². The van der Waals surface area contributed by atoms with E-state index in [-0.39, 0.29) is 0 Å². The molecule has 0 radical (unpaired) electrons. The summed E-state index contributed by atoms with van der Waals surface area (Å²) in [5, 5.41) is 3.62. The predicted molar refractivity (Wildman–Crippen MR) is 75.0 cm³/mol. The molecule has 0 aromatic carbocycles. The van der Waals surface area contributed by atoms with Gasteiger partial charge in [0, 0.05) is 0 Å². The first-order valence-electron chi connectivity index (χ1n) is 7.87. The topological polar surface area (TPSA) is 12.0 Å². The number of piperidine rings is 1. The van der Waals surface area contributed by atoms with Crippen LogP contribution in [0.25, 0.3) is 0 Å². The lowest BCUT2D eigenvalue weighted by atomic mass is 9.67. The lowest BCUT2D eigenvalue weighted by molar-refractivity contribution is 0.107. The van der Waals surface area contributed by atoms with E-state index >= 15 is 0 Å². The van der Waals surface area contributed by atoms with Gasteiger partial charge in [-0.25, -0.2) is 0 Å². The van der Waals surface area contributed by atoms with E-state index in [1.165, 1.54) is 51.6 Å². The zero-order chi connectivity index (χ0) is 12.3. The molecule has 100 valence electrons. The summed E-state index contributed by atoms with van der Waals surface area (Å²) in [5.74, 6) is 4.89. The van der Waals surface area contributed by atoms with Crippen LogP contribution in [0.5, 0.6) is 0 Å². The van der Waals surface area contributed by atoms with Crippen molar-refractivity contribution in [1.82, 2.24) is 5.32 Å². The van der Waals surface area contributed by atoms with Gasteiger partial charge < -0.3 is 5.32 Å². The van der Waals surface area contributed by atoms with Gasteiger partial charge in [0.2, 0.25) is 0 Å². The molecule has 0 aromatic rings. The van der Waals surface area contributed by atoms with Crippen molar-refractivity contribution < 1.29 is 0 Å². The van der Waals surface area contributed by atoms with E-state index in [2.05, 4.69) is 26.1 Å². The molecule has 1 heteroatoms. The number of hydrogen-bond acceptors (Lipinski definition) is 1. The van der Waals surface area contributed by atoms with E-state index in [0.29, 0.717) is 0 Å². The van der Waals surface area contributed by atoms with Crippen LogP contribution in [0.15, 0.2) is 0 Å². The van der Waals surface area contributed by atoms with E-state index in [0.717, 1.165) is 29.6 Å². The minimum absolute atomic E-state index is 0.864. The van der Waals surface area contributed by atoms with Crippen molar-refractivity contribution in [2.24, 2.45) is 29.6 Å². The van der Waals surface area contributed by atoms with Gasteiger partial charge in [-0.15, -0.1) is 0 Å². The Kier molecular flexibility index (Phi) is 4.90. The summed E-state index contributed by atoms with van der Waals surface area (Å²) in [6, 6.07) is 0. The third-order valence-corrected chi connectivity index (χ3v) is 5.02. The SMILES string of the molecule is CC(C)CC1CNCCC1C1CCCC(C)C1. The largest absolute Gasteiger partial charge is 0.316 e. The average molecular weight is 237 g/mol. The van der Waals surface area contributed by atoms with Crippen LogP contribution in [0.3, 0.4) is 0 Å². The van der Waals surface area contributed by atoms with Gasteiger partial charge in [-0.05, 0) is 61.9 Å². The summed E-state index contributed by atoms with van der Waals surface area (Å²) < 4.78 is 0. The maximum Gasteiger partial charge on any atom is -0.00177 e. The summed E-state index contributed by atoms with van der Waals surface area (Å²) >= 11 is 0. The molecule has 0 amide bonds. The Morgan fingerprint density at radius 3 is 2.71 bits per heavy atom. The molecular weight excluding hydrogens is 206 g/mol. The van der Waals surface area contributed by atoms with E-state index in [9.17, 15) is 0 Å². The lowest BCUT2D eigenvalue weighted by Crippen LogP contribution is -2.41. The summed E-state index contributed by atoms with van der Waals surface area (Å²) in [7, 11) is 0. The van der Waals surface area contributed by atoms with Crippen LogP contribution in [0.1, 0.15) is 59.3 Å². The summed E-state index contributed by atoms with van der Waals surface area (Å²) in [6.07, 6.45) is 8.88. The highest BCUT2D eigenvalue weighted by molar-refractivity contribution is 4.86. The molecule has 2 fully saturated rings. The summed E-state index contributed by atoms with van der Waals surface area (Å²) in [4.78, 5) is 0. The minimum atomic E-state index is 0.864. The minimum Gasteiger partial charge on any atom is -0.316 e. The van der Waals surface area contributed by atoms with Crippen molar-refractivity contribution in [1.29, 1.82) is 0 Å². The number of hydrogen-bond donors (Lipinski definition) is 1. The van der Waals surface area contributed by atoms with Crippen molar-refractivity contribution >= 4 is 0 Å². The molecule has 2 rings (SSSR count). The van der Waals surface area contributed by atoms with Crippen LogP contribution >= 0.6 is 0 Å². The first-order chi connectivity index (χ1) is 8.16. The fourth-order valence-electron chi connectivity index (χ4n) is 4.30. The van der Waals surface area contributed by atoms with Gasteiger partial charge >= 0.3 is 0 Å². The number of nitrogens with one attached hydrogen (secondary N) is 1. The van der Waals surface area contributed by atoms with Crippen molar-refractivity contribution in [2.45, 2.75) is 59.3 Å². The highest BCUT2D eigenvalue weighted by Gasteiger charge is 2.33.